The molecule has 0 saturated carbocycles. The molecule has 2 aliphatic rings. The maximum absolute atomic E-state index is 13.3. The number of rotatable bonds is 3. The number of carbonyl (C=O) groups is 1. The van der Waals surface area contributed by atoms with Crippen LogP contribution in [0.2, 0.25) is 0 Å². The molecule has 30 heavy (non-hydrogen) atoms. The first kappa shape index (κ1) is 19.2. The second kappa shape index (κ2) is 7.84. The third kappa shape index (κ3) is 3.60. The van der Waals surface area contributed by atoms with Crippen LogP contribution in [0.5, 0.6) is 0 Å². The van der Waals surface area contributed by atoms with Crippen molar-refractivity contribution in [2.75, 3.05) is 26.2 Å². The summed E-state index contributed by atoms with van der Waals surface area (Å²) in [5, 5.41) is 0. The molecule has 5 rings (SSSR count). The Labute approximate surface area is 177 Å². The zero-order valence-corrected chi connectivity index (χ0v) is 17.6. The third-order valence-corrected chi connectivity index (χ3v) is 7.06. The molecule has 5 heterocycles. The molecule has 0 aliphatic carbocycles. The lowest BCUT2D eigenvalue weighted by atomic mass is 9.71. The van der Waals surface area contributed by atoms with E-state index < -0.39 is 0 Å². The van der Waals surface area contributed by atoms with Crippen molar-refractivity contribution in [3.8, 4) is 0 Å². The van der Waals surface area contributed by atoms with Crippen molar-refractivity contribution in [3.05, 3.63) is 65.9 Å². The van der Waals surface area contributed by atoms with Crippen molar-refractivity contribution in [1.82, 2.24) is 24.2 Å². The van der Waals surface area contributed by atoms with Crippen LogP contribution in [0.1, 0.15) is 47.4 Å². The van der Waals surface area contributed by atoms with Gasteiger partial charge in [-0.05, 0) is 74.9 Å². The number of aryl methyl sites for hydroxylation is 1. The Balaban J connectivity index is 1.20. The van der Waals surface area contributed by atoms with Gasteiger partial charge in [-0.15, -0.1) is 0 Å². The van der Waals surface area contributed by atoms with Gasteiger partial charge in [-0.3, -0.25) is 19.1 Å². The number of hydrogen-bond acceptors (Lipinski definition) is 4. The molecule has 6 heteroatoms. The predicted molar refractivity (Wildman–Crippen MR) is 116 cm³/mol. The number of imidazole rings is 1. The Morgan fingerprint density at radius 3 is 2.53 bits per heavy atom. The highest BCUT2D eigenvalue weighted by Crippen LogP contribution is 2.41. The number of hydrogen-bond donors (Lipinski definition) is 0. The summed E-state index contributed by atoms with van der Waals surface area (Å²) in [7, 11) is 0. The summed E-state index contributed by atoms with van der Waals surface area (Å²) >= 11 is 0. The van der Waals surface area contributed by atoms with E-state index in [9.17, 15) is 4.79 Å². The number of aromatic nitrogens is 3. The average molecular weight is 404 g/mol. The first-order chi connectivity index (χ1) is 14.6. The van der Waals surface area contributed by atoms with Gasteiger partial charge in [-0.1, -0.05) is 12.1 Å². The van der Waals surface area contributed by atoms with Crippen LogP contribution in [-0.2, 0) is 6.54 Å². The summed E-state index contributed by atoms with van der Waals surface area (Å²) in [5.41, 5.74) is 4.06. The van der Waals surface area contributed by atoms with Gasteiger partial charge in [0, 0.05) is 38.2 Å². The van der Waals surface area contributed by atoms with E-state index in [1.54, 1.807) is 0 Å². The minimum Gasteiger partial charge on any atom is -0.337 e. The maximum Gasteiger partial charge on any atom is 0.272 e. The minimum absolute atomic E-state index is 0.120. The molecule has 0 radical (unpaired) electrons. The Bertz CT molecular complexity index is 1030. The zero-order chi connectivity index (χ0) is 20.6. The van der Waals surface area contributed by atoms with Crippen molar-refractivity contribution in [2.45, 2.75) is 39.2 Å². The smallest absolute Gasteiger partial charge is 0.272 e. The Morgan fingerprint density at radius 1 is 1.03 bits per heavy atom. The molecule has 0 bridgehead atoms. The highest BCUT2D eigenvalue weighted by Gasteiger charge is 2.39. The molecule has 0 unspecified atom stereocenters. The van der Waals surface area contributed by atoms with E-state index in [1.165, 1.54) is 18.4 Å². The van der Waals surface area contributed by atoms with Crippen LogP contribution in [0, 0.1) is 12.3 Å². The third-order valence-electron chi connectivity index (χ3n) is 7.06. The number of piperidine rings is 2. The first-order valence-corrected chi connectivity index (χ1v) is 11.0. The lowest BCUT2D eigenvalue weighted by molar-refractivity contribution is 0.0281. The summed E-state index contributed by atoms with van der Waals surface area (Å²) in [6.45, 7) is 6.89. The monoisotopic (exact) mass is 403 g/mol. The van der Waals surface area contributed by atoms with Crippen LogP contribution in [0.25, 0.3) is 5.65 Å². The van der Waals surface area contributed by atoms with Crippen molar-refractivity contribution in [2.24, 2.45) is 5.41 Å². The minimum atomic E-state index is 0.120. The Kier molecular flexibility index (Phi) is 5.03. The summed E-state index contributed by atoms with van der Waals surface area (Å²) in [6.07, 6.45) is 10.4. The van der Waals surface area contributed by atoms with Crippen molar-refractivity contribution >= 4 is 11.6 Å². The van der Waals surface area contributed by atoms with Crippen LogP contribution in [0.3, 0.4) is 0 Å². The SMILES string of the molecule is Cc1nc2ccccn2c1C(=O)N1CCC2(CCN(Cc3cccnc3)CC2)CC1. The zero-order valence-electron chi connectivity index (χ0n) is 17.6. The van der Waals surface area contributed by atoms with E-state index in [4.69, 9.17) is 0 Å². The molecule has 1 amide bonds. The molecule has 2 aliphatic heterocycles. The van der Waals surface area contributed by atoms with E-state index in [2.05, 4.69) is 20.9 Å². The van der Waals surface area contributed by atoms with E-state index in [0.29, 0.717) is 11.1 Å². The highest BCUT2D eigenvalue weighted by atomic mass is 16.2. The van der Waals surface area contributed by atoms with Crippen LogP contribution in [0.15, 0.2) is 48.9 Å². The van der Waals surface area contributed by atoms with Crippen LogP contribution in [0.4, 0.5) is 0 Å². The molecule has 2 saturated heterocycles. The fourth-order valence-electron chi connectivity index (χ4n) is 5.14. The molecular weight excluding hydrogens is 374 g/mol. The van der Waals surface area contributed by atoms with Crippen molar-refractivity contribution in [3.63, 3.8) is 0 Å². The van der Waals surface area contributed by atoms with Gasteiger partial charge in [-0.25, -0.2) is 4.98 Å². The fourth-order valence-corrected chi connectivity index (χ4v) is 5.14. The largest absolute Gasteiger partial charge is 0.337 e. The molecule has 0 aromatic carbocycles. The number of carbonyl (C=O) groups excluding carboxylic acids is 1. The Hall–Kier alpha value is -2.73. The number of fused-ring (bicyclic) bond motifs is 1. The van der Waals surface area contributed by atoms with Gasteiger partial charge in [0.15, 0.2) is 0 Å². The molecule has 3 aromatic rings. The van der Waals surface area contributed by atoms with Gasteiger partial charge < -0.3 is 4.90 Å². The molecule has 3 aromatic heterocycles. The van der Waals surface area contributed by atoms with E-state index >= 15 is 0 Å². The number of nitrogens with zero attached hydrogens (tertiary/aromatic N) is 5. The molecule has 1 spiro atoms. The molecule has 156 valence electrons. The van der Waals surface area contributed by atoms with Gasteiger partial charge in [0.25, 0.3) is 5.91 Å². The molecule has 2 fully saturated rings. The van der Waals surface area contributed by atoms with Crippen molar-refractivity contribution < 1.29 is 4.79 Å². The summed E-state index contributed by atoms with van der Waals surface area (Å²) < 4.78 is 1.93. The van der Waals surface area contributed by atoms with Gasteiger partial charge >= 0.3 is 0 Å². The number of amides is 1. The van der Waals surface area contributed by atoms with E-state index in [1.807, 2.05) is 59.1 Å². The van der Waals surface area contributed by atoms with Crippen LogP contribution >= 0.6 is 0 Å². The molecular formula is C24H29N5O. The second-order valence-electron chi connectivity index (χ2n) is 8.90. The topological polar surface area (TPSA) is 53.7 Å². The average Bonchev–Trinajstić information content (AvgIpc) is 3.12. The molecule has 6 nitrogen and oxygen atoms in total. The Morgan fingerprint density at radius 2 is 1.80 bits per heavy atom. The van der Waals surface area contributed by atoms with Crippen LogP contribution in [-0.4, -0.2) is 56.3 Å². The quantitative estimate of drug-likeness (QED) is 0.671. The van der Waals surface area contributed by atoms with Gasteiger partial charge in [0.2, 0.25) is 0 Å². The van der Waals surface area contributed by atoms with Crippen LogP contribution < -0.4 is 0 Å². The fraction of sp³-hybridized carbons (Fsp3) is 0.458. The van der Waals surface area contributed by atoms with Crippen molar-refractivity contribution in [1.29, 1.82) is 0 Å². The van der Waals surface area contributed by atoms with Gasteiger partial charge in [0.1, 0.15) is 11.3 Å². The second-order valence-corrected chi connectivity index (χ2v) is 8.90. The van der Waals surface area contributed by atoms with E-state index in [-0.39, 0.29) is 5.91 Å². The summed E-state index contributed by atoms with van der Waals surface area (Å²) in [6, 6.07) is 10.0. The maximum atomic E-state index is 13.3. The number of pyridine rings is 2. The number of likely N-dealkylation sites (tertiary alicyclic amines) is 2. The summed E-state index contributed by atoms with van der Waals surface area (Å²) in [4.78, 5) is 26.6. The van der Waals surface area contributed by atoms with Gasteiger partial charge in [0.05, 0.1) is 5.69 Å². The lowest BCUT2D eigenvalue weighted by Gasteiger charge is -2.47. The standard InChI is InChI=1S/C24H29N5O/c1-19-22(29-12-3-2-6-21(29)26-19)23(30)28-15-9-24(10-16-28)7-13-27(14-8-24)18-20-5-4-11-25-17-20/h2-6,11-12,17H,7-10,13-16,18H2,1H3. The highest BCUT2D eigenvalue weighted by molar-refractivity contribution is 5.94. The van der Waals surface area contributed by atoms with Gasteiger partial charge in [-0.2, -0.15) is 0 Å². The molecule has 0 atom stereocenters. The summed E-state index contributed by atoms with van der Waals surface area (Å²) in [5.74, 6) is 0.120. The van der Waals surface area contributed by atoms with E-state index in [0.717, 1.165) is 56.9 Å². The lowest BCUT2D eigenvalue weighted by Crippen LogP contribution is -2.48. The normalized spacial score (nSPS) is 19.4. The predicted octanol–water partition coefficient (Wildman–Crippen LogP) is 3.56. The molecule has 0 N–H and O–H groups in total. The first-order valence-electron chi connectivity index (χ1n) is 11.0.